The predicted octanol–water partition coefficient (Wildman–Crippen LogP) is 4.59. The van der Waals surface area contributed by atoms with Crippen LogP contribution in [0, 0.1) is 5.41 Å². The summed E-state index contributed by atoms with van der Waals surface area (Å²) in [4.78, 5) is 16.2. The lowest BCUT2D eigenvalue weighted by Crippen LogP contribution is -2.27. The van der Waals surface area contributed by atoms with Gasteiger partial charge in [-0.05, 0) is 12.1 Å². The maximum Gasteiger partial charge on any atom is 0.231 e. The molecule has 0 fully saturated rings. The number of amides is 1. The number of halogens is 2. The van der Waals surface area contributed by atoms with Crippen LogP contribution in [0.25, 0.3) is 10.2 Å². The molecule has 3 nitrogen and oxygen atoms in total. The Balaban J connectivity index is 2.37. The van der Waals surface area contributed by atoms with Crippen molar-refractivity contribution in [2.45, 2.75) is 20.8 Å². The van der Waals surface area contributed by atoms with Crippen molar-refractivity contribution < 1.29 is 4.79 Å². The fourth-order valence-corrected chi connectivity index (χ4v) is 2.56. The molecule has 0 aliphatic rings. The van der Waals surface area contributed by atoms with Crippen molar-refractivity contribution in [1.29, 1.82) is 0 Å². The molecule has 0 radical (unpaired) electrons. The highest BCUT2D eigenvalue weighted by atomic mass is 35.5. The minimum Gasteiger partial charge on any atom is -0.301 e. The molecule has 0 spiro atoms. The highest BCUT2D eigenvalue weighted by Gasteiger charge is 2.22. The van der Waals surface area contributed by atoms with Crippen LogP contribution in [0.3, 0.4) is 0 Å². The summed E-state index contributed by atoms with van der Waals surface area (Å²) in [6.45, 7) is 5.54. The molecule has 0 saturated carbocycles. The second kappa shape index (κ2) is 4.68. The van der Waals surface area contributed by atoms with Gasteiger partial charge in [0.05, 0.1) is 14.7 Å². The first kappa shape index (κ1) is 13.6. The molecule has 0 unspecified atom stereocenters. The topological polar surface area (TPSA) is 42.0 Å². The molecule has 18 heavy (non-hydrogen) atoms. The van der Waals surface area contributed by atoms with E-state index < -0.39 is 5.41 Å². The lowest BCUT2D eigenvalue weighted by molar-refractivity contribution is -0.123. The van der Waals surface area contributed by atoms with E-state index in [2.05, 4.69) is 10.3 Å². The van der Waals surface area contributed by atoms with Gasteiger partial charge in [-0.1, -0.05) is 55.3 Å². The fraction of sp³-hybridized carbons (Fsp3) is 0.333. The molecular weight excluding hydrogens is 291 g/mol. The van der Waals surface area contributed by atoms with Crippen molar-refractivity contribution in [2.24, 2.45) is 5.41 Å². The number of hydrogen-bond acceptors (Lipinski definition) is 3. The molecule has 6 heteroatoms. The summed E-state index contributed by atoms with van der Waals surface area (Å²) >= 11 is 13.4. The highest BCUT2D eigenvalue weighted by Crippen LogP contribution is 2.35. The summed E-state index contributed by atoms with van der Waals surface area (Å²) in [6.07, 6.45) is 0. The van der Waals surface area contributed by atoms with Gasteiger partial charge in [0.15, 0.2) is 5.13 Å². The first-order valence-corrected chi connectivity index (χ1v) is 6.92. The summed E-state index contributed by atoms with van der Waals surface area (Å²) in [5.41, 5.74) is 0.164. The van der Waals surface area contributed by atoms with E-state index in [1.54, 1.807) is 6.07 Å². The molecule has 0 aliphatic heterocycles. The quantitative estimate of drug-likeness (QED) is 0.837. The number of thiazole rings is 1. The number of hydrogen-bond donors (Lipinski definition) is 1. The van der Waals surface area contributed by atoms with Gasteiger partial charge in [-0.2, -0.15) is 0 Å². The Morgan fingerprint density at radius 1 is 1.33 bits per heavy atom. The van der Waals surface area contributed by atoms with Crippen molar-refractivity contribution in [2.75, 3.05) is 5.32 Å². The molecular formula is C12H12Cl2N2OS. The number of anilines is 1. The summed E-state index contributed by atoms with van der Waals surface area (Å²) in [6, 6.07) is 3.56. The van der Waals surface area contributed by atoms with E-state index in [4.69, 9.17) is 23.2 Å². The molecule has 96 valence electrons. The summed E-state index contributed by atoms with van der Waals surface area (Å²) < 4.78 is 0.897. The minimum absolute atomic E-state index is 0.0798. The number of rotatable bonds is 1. The SMILES string of the molecule is CC(C)(C)C(=O)Nc1nc2c(Cl)c(Cl)ccc2s1. The molecule has 1 heterocycles. The molecule has 0 bridgehead atoms. The average Bonchev–Trinajstić information content (AvgIpc) is 2.66. The van der Waals surface area contributed by atoms with Gasteiger partial charge in [0.1, 0.15) is 5.52 Å². The van der Waals surface area contributed by atoms with Gasteiger partial charge in [-0.25, -0.2) is 4.98 Å². The van der Waals surface area contributed by atoms with Crippen molar-refractivity contribution in [3.05, 3.63) is 22.2 Å². The van der Waals surface area contributed by atoms with E-state index in [-0.39, 0.29) is 5.91 Å². The average molecular weight is 303 g/mol. The van der Waals surface area contributed by atoms with Crippen LogP contribution >= 0.6 is 34.5 Å². The fourth-order valence-electron chi connectivity index (χ4n) is 1.28. The van der Waals surface area contributed by atoms with Crippen molar-refractivity contribution in [3.63, 3.8) is 0 Å². The van der Waals surface area contributed by atoms with Crippen molar-refractivity contribution >= 4 is 55.8 Å². The van der Waals surface area contributed by atoms with Gasteiger partial charge < -0.3 is 5.32 Å². The van der Waals surface area contributed by atoms with E-state index in [0.717, 1.165) is 4.70 Å². The van der Waals surface area contributed by atoms with Crippen LogP contribution in [-0.4, -0.2) is 10.9 Å². The Kier molecular flexibility index (Phi) is 3.54. The lowest BCUT2D eigenvalue weighted by atomic mass is 9.96. The largest absolute Gasteiger partial charge is 0.301 e. The molecule has 1 amide bonds. The molecule has 1 aromatic carbocycles. The van der Waals surface area contributed by atoms with Crippen LogP contribution < -0.4 is 5.32 Å². The van der Waals surface area contributed by atoms with Gasteiger partial charge in [-0.3, -0.25) is 4.79 Å². The van der Waals surface area contributed by atoms with E-state index in [9.17, 15) is 4.79 Å². The smallest absolute Gasteiger partial charge is 0.231 e. The van der Waals surface area contributed by atoms with E-state index in [1.165, 1.54) is 11.3 Å². The van der Waals surface area contributed by atoms with Gasteiger partial charge in [0.25, 0.3) is 0 Å². The normalized spacial score (nSPS) is 11.8. The summed E-state index contributed by atoms with van der Waals surface area (Å²) in [5.74, 6) is -0.0798. The molecule has 0 atom stereocenters. The van der Waals surface area contributed by atoms with Crippen molar-refractivity contribution in [1.82, 2.24) is 4.98 Å². The summed E-state index contributed by atoms with van der Waals surface area (Å²) in [5, 5.41) is 4.20. The number of aromatic nitrogens is 1. The molecule has 0 aliphatic carbocycles. The summed E-state index contributed by atoms with van der Waals surface area (Å²) in [7, 11) is 0. The molecule has 2 aromatic rings. The molecule has 2 rings (SSSR count). The Labute approximate surface area is 119 Å². The minimum atomic E-state index is -0.459. The number of benzene rings is 1. The number of fused-ring (bicyclic) bond motifs is 1. The first-order chi connectivity index (χ1) is 8.29. The zero-order chi connectivity index (χ0) is 13.5. The van der Waals surface area contributed by atoms with Gasteiger partial charge in [-0.15, -0.1) is 0 Å². The lowest BCUT2D eigenvalue weighted by Gasteiger charge is -2.15. The zero-order valence-electron chi connectivity index (χ0n) is 10.2. The molecule has 1 aromatic heterocycles. The maximum atomic E-state index is 11.9. The van der Waals surface area contributed by atoms with Gasteiger partial charge in [0.2, 0.25) is 5.91 Å². The highest BCUT2D eigenvalue weighted by molar-refractivity contribution is 7.22. The third-order valence-corrected chi connectivity index (χ3v) is 4.08. The van der Waals surface area contributed by atoms with Gasteiger partial charge >= 0.3 is 0 Å². The first-order valence-electron chi connectivity index (χ1n) is 5.35. The number of nitrogens with zero attached hydrogens (tertiary/aromatic N) is 1. The van der Waals surface area contributed by atoms with Gasteiger partial charge in [0, 0.05) is 5.41 Å². The Morgan fingerprint density at radius 3 is 2.61 bits per heavy atom. The van der Waals surface area contributed by atoms with Crippen LogP contribution in [0.5, 0.6) is 0 Å². The van der Waals surface area contributed by atoms with E-state index in [0.29, 0.717) is 20.7 Å². The predicted molar refractivity (Wildman–Crippen MR) is 77.7 cm³/mol. The zero-order valence-corrected chi connectivity index (χ0v) is 12.5. The van der Waals surface area contributed by atoms with Crippen LogP contribution in [0.2, 0.25) is 10.0 Å². The van der Waals surface area contributed by atoms with Crippen molar-refractivity contribution in [3.8, 4) is 0 Å². The number of carbonyl (C=O) groups is 1. The molecule has 1 N–H and O–H groups in total. The van der Waals surface area contributed by atoms with Crippen LogP contribution in [0.1, 0.15) is 20.8 Å². The van der Waals surface area contributed by atoms with E-state index in [1.807, 2.05) is 26.8 Å². The Morgan fingerprint density at radius 2 is 2.00 bits per heavy atom. The van der Waals surface area contributed by atoms with Crippen LogP contribution in [0.4, 0.5) is 5.13 Å². The Bertz CT molecular complexity index is 616. The molecule has 0 saturated heterocycles. The third-order valence-electron chi connectivity index (χ3n) is 2.35. The van der Waals surface area contributed by atoms with Crippen LogP contribution in [0.15, 0.2) is 12.1 Å². The Hall–Kier alpha value is -0.840. The van der Waals surface area contributed by atoms with Crippen LogP contribution in [-0.2, 0) is 4.79 Å². The maximum absolute atomic E-state index is 11.9. The second-order valence-corrected chi connectivity index (χ2v) is 6.75. The standard InChI is InChI=1S/C12H12Cl2N2OS/c1-12(2,3)10(17)16-11-15-9-7(18-11)5-4-6(13)8(9)14/h4-5H,1-3H3,(H,15,16,17). The monoisotopic (exact) mass is 302 g/mol. The third kappa shape index (κ3) is 2.60. The number of carbonyl (C=O) groups excluding carboxylic acids is 1. The van der Waals surface area contributed by atoms with E-state index >= 15 is 0 Å². The number of nitrogens with one attached hydrogen (secondary N) is 1. The second-order valence-electron chi connectivity index (χ2n) is 4.93.